The maximum atomic E-state index is 14.1. The van der Waals surface area contributed by atoms with E-state index in [1.165, 1.54) is 16.7 Å². The molecule has 6 heteroatoms. The molecule has 0 amide bonds. The zero-order valence-electron chi connectivity index (χ0n) is 21.4. The molecule has 4 nitrogen and oxygen atoms in total. The summed E-state index contributed by atoms with van der Waals surface area (Å²) in [6, 6.07) is 21.6. The van der Waals surface area contributed by atoms with Crippen molar-refractivity contribution in [3.8, 4) is 5.75 Å². The molecule has 0 bridgehead atoms. The maximum absolute atomic E-state index is 14.1. The average molecular weight is 517 g/mol. The van der Waals surface area contributed by atoms with Crippen molar-refractivity contribution in [2.45, 2.75) is 37.5 Å². The molecule has 3 heterocycles. The van der Waals surface area contributed by atoms with Crippen LogP contribution in [0.25, 0.3) is 0 Å². The number of nitrogens with zero attached hydrogens (tertiary/aromatic N) is 2. The van der Waals surface area contributed by atoms with Gasteiger partial charge in [0.25, 0.3) is 0 Å². The highest BCUT2D eigenvalue weighted by atomic mass is 31.1. The van der Waals surface area contributed by atoms with Gasteiger partial charge < -0.3 is 14.3 Å². The van der Waals surface area contributed by atoms with Gasteiger partial charge in [-0.15, -0.1) is 0 Å². The molecular weight excluding hydrogens is 482 g/mol. The highest BCUT2D eigenvalue weighted by Gasteiger charge is 2.47. The fourth-order valence-electron chi connectivity index (χ4n) is 5.87. The Kier molecular flexibility index (Phi) is 7.12. The number of hydrogen-bond acceptors (Lipinski definition) is 4. The van der Waals surface area contributed by atoms with Gasteiger partial charge >= 0.3 is 0 Å². The normalized spacial score (nSPS) is 23.5. The number of ketones is 1. The van der Waals surface area contributed by atoms with E-state index in [1.807, 2.05) is 37.3 Å². The fraction of sp³-hybridized carbons (Fsp3) is 0.387. The molecule has 1 unspecified atom stereocenters. The van der Waals surface area contributed by atoms with E-state index in [4.69, 9.17) is 4.52 Å². The number of benzene rings is 3. The van der Waals surface area contributed by atoms with Crippen molar-refractivity contribution in [1.82, 2.24) is 9.80 Å². The zero-order chi connectivity index (χ0) is 25.4. The largest absolute Gasteiger partial charge is 0.473 e. The van der Waals surface area contributed by atoms with E-state index in [0.717, 1.165) is 69.0 Å². The van der Waals surface area contributed by atoms with Gasteiger partial charge in [-0.25, -0.2) is 4.39 Å². The summed E-state index contributed by atoms with van der Waals surface area (Å²) >= 11 is 0. The first-order valence-electron chi connectivity index (χ1n) is 13.4. The van der Waals surface area contributed by atoms with Crippen LogP contribution in [-0.4, -0.2) is 60.5 Å². The average Bonchev–Trinajstić information content (AvgIpc) is 2.90. The number of halogens is 1. The van der Waals surface area contributed by atoms with Gasteiger partial charge in [-0.2, -0.15) is 0 Å². The Labute approximate surface area is 220 Å². The van der Waals surface area contributed by atoms with Crippen molar-refractivity contribution < 1.29 is 13.7 Å². The summed E-state index contributed by atoms with van der Waals surface area (Å²) in [6.07, 6.45) is 2.50. The van der Waals surface area contributed by atoms with Crippen LogP contribution in [0.15, 0.2) is 66.7 Å². The van der Waals surface area contributed by atoms with Gasteiger partial charge in [0.15, 0.2) is 5.78 Å². The third-order valence-corrected chi connectivity index (χ3v) is 10.8. The molecule has 3 aromatic carbocycles. The summed E-state index contributed by atoms with van der Waals surface area (Å²) in [6.45, 7) is 7.92. The smallest absolute Gasteiger partial charge is 0.164 e. The first kappa shape index (κ1) is 24.7. The SMILES string of the molecule is Cc1ccc(C(=O)CCN2CCN(C[C@H]3C[C@@H]4c5ccccc5Cc5ccc(F)cc5OP34)CC2)cc1. The molecular formula is C31H34FN2O2P. The number of aryl methyl sites for hydroxylation is 1. The first-order chi connectivity index (χ1) is 18.0. The number of carbonyl (C=O) groups is 1. The van der Waals surface area contributed by atoms with Gasteiger partial charge in [-0.3, -0.25) is 4.79 Å². The molecule has 3 atom stereocenters. The van der Waals surface area contributed by atoms with E-state index in [-0.39, 0.29) is 11.6 Å². The molecule has 0 spiro atoms. The molecule has 3 aliphatic heterocycles. The molecule has 0 saturated carbocycles. The van der Waals surface area contributed by atoms with Crippen LogP contribution in [0.4, 0.5) is 4.39 Å². The molecule has 6 rings (SSSR count). The molecule has 37 heavy (non-hydrogen) atoms. The minimum Gasteiger partial charge on any atom is -0.473 e. The Hall–Kier alpha value is -2.59. The molecule has 2 saturated heterocycles. The summed E-state index contributed by atoms with van der Waals surface area (Å²) in [4.78, 5) is 17.5. The summed E-state index contributed by atoms with van der Waals surface area (Å²) in [5.41, 5.74) is 6.77. The summed E-state index contributed by atoms with van der Waals surface area (Å²) in [7, 11) is -0.711. The van der Waals surface area contributed by atoms with Crippen molar-refractivity contribution >= 4 is 13.9 Å². The Morgan fingerprint density at radius 1 is 0.973 bits per heavy atom. The van der Waals surface area contributed by atoms with Crippen LogP contribution in [-0.2, 0) is 6.42 Å². The summed E-state index contributed by atoms with van der Waals surface area (Å²) in [5.74, 6) is 0.732. The van der Waals surface area contributed by atoms with Gasteiger partial charge in [0.2, 0.25) is 0 Å². The third kappa shape index (κ3) is 5.36. The third-order valence-electron chi connectivity index (χ3n) is 8.15. The maximum Gasteiger partial charge on any atom is 0.164 e. The van der Waals surface area contributed by atoms with Gasteiger partial charge in [-0.1, -0.05) is 60.2 Å². The second-order valence-electron chi connectivity index (χ2n) is 10.7. The molecule has 2 fully saturated rings. The number of Topliss-reactive ketones (excluding diaryl/α,β-unsaturated/α-hetero) is 1. The zero-order valence-corrected chi connectivity index (χ0v) is 22.3. The number of piperazine rings is 1. The Balaban J connectivity index is 1.05. The topological polar surface area (TPSA) is 32.8 Å². The van der Waals surface area contributed by atoms with Crippen molar-refractivity contribution in [3.05, 3.63) is 100 Å². The Morgan fingerprint density at radius 2 is 1.73 bits per heavy atom. The Bertz CT molecular complexity index is 1270. The molecule has 3 aromatic rings. The number of rotatable bonds is 6. The lowest BCUT2D eigenvalue weighted by molar-refractivity contribution is 0.0925. The van der Waals surface area contributed by atoms with Crippen molar-refractivity contribution in [2.75, 3.05) is 39.3 Å². The van der Waals surface area contributed by atoms with Crippen LogP contribution in [0.5, 0.6) is 5.75 Å². The van der Waals surface area contributed by atoms with Crippen molar-refractivity contribution in [2.24, 2.45) is 0 Å². The number of hydrogen-bond donors (Lipinski definition) is 0. The van der Waals surface area contributed by atoms with E-state index in [1.54, 1.807) is 12.1 Å². The second-order valence-corrected chi connectivity index (χ2v) is 12.9. The van der Waals surface area contributed by atoms with E-state index in [2.05, 4.69) is 34.1 Å². The molecule has 3 aliphatic rings. The van der Waals surface area contributed by atoms with E-state index >= 15 is 0 Å². The molecule has 0 aromatic heterocycles. The van der Waals surface area contributed by atoms with Crippen LogP contribution in [0, 0.1) is 12.7 Å². The van der Waals surface area contributed by atoms with E-state index in [9.17, 15) is 9.18 Å². The quantitative estimate of drug-likeness (QED) is 0.288. The van der Waals surface area contributed by atoms with Crippen LogP contribution in [0.1, 0.15) is 51.1 Å². The minimum atomic E-state index is -0.711. The highest BCUT2D eigenvalue weighted by Crippen LogP contribution is 2.69. The standard InChI is InChI=1S/C31H34FN2O2P/c1-22-6-8-23(9-7-22)29(35)12-13-33-14-16-34(17-15-33)21-27-20-31-28-5-3-2-4-24(28)18-25-10-11-26(32)19-30(25)36-37(27)31/h2-11,19,27,31H,12-18,20-21H2,1H3/t27-,31-,37?/m1/s1. The molecule has 0 aliphatic carbocycles. The fourth-order valence-corrected chi connectivity index (χ4v) is 8.46. The monoisotopic (exact) mass is 516 g/mol. The second kappa shape index (κ2) is 10.6. The molecule has 0 radical (unpaired) electrons. The Morgan fingerprint density at radius 3 is 2.54 bits per heavy atom. The van der Waals surface area contributed by atoms with Gasteiger partial charge in [0.05, 0.1) is 8.15 Å². The van der Waals surface area contributed by atoms with E-state index in [0.29, 0.717) is 17.7 Å². The van der Waals surface area contributed by atoms with Crippen LogP contribution in [0.2, 0.25) is 0 Å². The molecule has 192 valence electrons. The minimum absolute atomic E-state index is 0.226. The first-order valence-corrected chi connectivity index (χ1v) is 14.8. The predicted molar refractivity (Wildman–Crippen MR) is 147 cm³/mol. The van der Waals surface area contributed by atoms with Gasteiger partial charge in [-0.05, 0) is 36.1 Å². The molecule has 0 N–H and O–H groups in total. The van der Waals surface area contributed by atoms with E-state index < -0.39 is 8.15 Å². The number of carbonyl (C=O) groups excluding carboxylic acids is 1. The van der Waals surface area contributed by atoms with Crippen LogP contribution < -0.4 is 4.52 Å². The summed E-state index contributed by atoms with van der Waals surface area (Å²) < 4.78 is 20.7. The van der Waals surface area contributed by atoms with Crippen molar-refractivity contribution in [3.63, 3.8) is 0 Å². The number of fused-ring (bicyclic) bond motifs is 4. The van der Waals surface area contributed by atoms with Crippen LogP contribution in [0.3, 0.4) is 0 Å². The lowest BCUT2D eigenvalue weighted by Crippen LogP contribution is -2.50. The van der Waals surface area contributed by atoms with Crippen LogP contribution >= 0.6 is 8.15 Å². The van der Waals surface area contributed by atoms with Gasteiger partial charge in [0, 0.05) is 75.1 Å². The van der Waals surface area contributed by atoms with Gasteiger partial charge in [0.1, 0.15) is 11.6 Å². The lowest BCUT2D eigenvalue weighted by atomic mass is 9.94. The van der Waals surface area contributed by atoms with Crippen molar-refractivity contribution in [1.29, 1.82) is 0 Å². The predicted octanol–water partition coefficient (Wildman–Crippen LogP) is 6.22. The highest BCUT2D eigenvalue weighted by molar-refractivity contribution is 7.56. The lowest BCUT2D eigenvalue weighted by Gasteiger charge is -2.48. The summed E-state index contributed by atoms with van der Waals surface area (Å²) in [5, 5.41) is 0.